The molecule has 0 bridgehead atoms. The van der Waals surface area contributed by atoms with E-state index in [0.29, 0.717) is 11.8 Å². The highest BCUT2D eigenvalue weighted by atomic mass is 32.1. The Hall–Kier alpha value is -4.28. The van der Waals surface area contributed by atoms with Gasteiger partial charge in [0.15, 0.2) is 0 Å². The zero-order chi connectivity index (χ0) is 45.4. The second-order valence-electron chi connectivity index (χ2n) is 25.0. The van der Waals surface area contributed by atoms with Crippen molar-refractivity contribution in [2.75, 3.05) is 9.80 Å². The number of rotatable bonds is 2. The van der Waals surface area contributed by atoms with Gasteiger partial charge in [0.2, 0.25) is 0 Å². The third kappa shape index (κ3) is 6.08. The van der Waals surface area contributed by atoms with Crippen LogP contribution in [-0.4, -0.2) is 6.71 Å². The Bertz CT molecular complexity index is 2970. The molecule has 2 atom stereocenters. The summed E-state index contributed by atoms with van der Waals surface area (Å²) in [6.07, 6.45) is 7.35. The molecule has 1 aromatic heterocycles. The van der Waals surface area contributed by atoms with Crippen LogP contribution >= 0.6 is 11.3 Å². The Labute approximate surface area is 390 Å². The predicted octanol–water partition coefficient (Wildman–Crippen LogP) is 15.6. The molecule has 0 N–H and O–H groups in total. The molecule has 5 aromatic carbocycles. The van der Waals surface area contributed by atoms with Crippen LogP contribution in [-0.2, 0) is 27.1 Å². The van der Waals surface area contributed by atoms with E-state index < -0.39 is 0 Å². The van der Waals surface area contributed by atoms with E-state index in [0.717, 1.165) is 0 Å². The van der Waals surface area contributed by atoms with Gasteiger partial charge in [-0.3, -0.25) is 0 Å². The van der Waals surface area contributed by atoms with Crippen LogP contribution in [0.4, 0.5) is 34.1 Å². The Morgan fingerprint density at radius 2 is 1.14 bits per heavy atom. The van der Waals surface area contributed by atoms with Gasteiger partial charge in [-0.25, -0.2) is 0 Å². The molecule has 2 aliphatic heterocycles. The van der Waals surface area contributed by atoms with E-state index in [1.165, 1.54) is 137 Å². The average Bonchev–Trinajstić information content (AvgIpc) is 3.59. The number of thiophene rings is 1. The van der Waals surface area contributed by atoms with Crippen LogP contribution in [0, 0.1) is 13.8 Å². The van der Waals surface area contributed by atoms with Crippen LogP contribution in [0.2, 0.25) is 0 Å². The summed E-state index contributed by atoms with van der Waals surface area (Å²) in [5, 5.41) is 1.43. The molecular formula is C60H71BN2S. The van der Waals surface area contributed by atoms with E-state index >= 15 is 0 Å². The van der Waals surface area contributed by atoms with Crippen molar-refractivity contribution >= 4 is 78.0 Å². The summed E-state index contributed by atoms with van der Waals surface area (Å²) in [5.41, 5.74) is 24.7. The molecule has 5 aliphatic rings. The molecule has 3 heterocycles. The SMILES string of the molecule is Cc1cc2c3c(c1)N(c1ccc4c(c1)C(C)(C)CCC4(C)C)c1c(sc4cc5c(cc14)C(C)CCC5C)B3c1cc(C(C)(C)C)ccc1N2c1cc2c(cc1C)C(C)(C)CCC2(C)C. The molecule has 3 aliphatic carbocycles. The first kappa shape index (κ1) is 42.4. The fourth-order valence-corrected chi connectivity index (χ4v) is 14.4. The first-order valence-corrected chi connectivity index (χ1v) is 25.6. The lowest BCUT2D eigenvalue weighted by Gasteiger charge is -2.46. The van der Waals surface area contributed by atoms with Gasteiger partial charge in [0.1, 0.15) is 0 Å². The predicted molar refractivity (Wildman–Crippen MR) is 281 cm³/mol. The summed E-state index contributed by atoms with van der Waals surface area (Å²) in [5.74, 6) is 1.14. The highest BCUT2D eigenvalue weighted by Crippen LogP contribution is 2.55. The summed E-state index contributed by atoms with van der Waals surface area (Å²) in [7, 11) is 0. The largest absolute Gasteiger partial charge is 0.311 e. The molecule has 2 nitrogen and oxygen atoms in total. The third-order valence-corrected chi connectivity index (χ3v) is 18.7. The molecule has 64 heavy (non-hydrogen) atoms. The lowest BCUT2D eigenvalue weighted by molar-refractivity contribution is 0.332. The second-order valence-corrected chi connectivity index (χ2v) is 26.0. The van der Waals surface area contributed by atoms with Crippen LogP contribution in [0.1, 0.15) is 190 Å². The number of fused-ring (bicyclic) bond motifs is 9. The topological polar surface area (TPSA) is 6.48 Å². The van der Waals surface area contributed by atoms with Gasteiger partial charge in [-0.1, -0.05) is 114 Å². The number of benzene rings is 5. The van der Waals surface area contributed by atoms with Crippen molar-refractivity contribution < 1.29 is 0 Å². The van der Waals surface area contributed by atoms with Gasteiger partial charge in [-0.15, -0.1) is 11.3 Å². The third-order valence-electron chi connectivity index (χ3n) is 17.5. The maximum atomic E-state index is 2.75. The zero-order valence-corrected chi connectivity index (χ0v) is 42.5. The van der Waals surface area contributed by atoms with Crippen molar-refractivity contribution in [1.82, 2.24) is 0 Å². The van der Waals surface area contributed by atoms with Crippen molar-refractivity contribution in [3.05, 3.63) is 123 Å². The Morgan fingerprint density at radius 3 is 1.77 bits per heavy atom. The summed E-state index contributed by atoms with van der Waals surface area (Å²) < 4.78 is 2.93. The molecule has 0 spiro atoms. The van der Waals surface area contributed by atoms with Crippen LogP contribution in [0.3, 0.4) is 0 Å². The van der Waals surface area contributed by atoms with E-state index in [2.05, 4.69) is 198 Å². The van der Waals surface area contributed by atoms with Crippen LogP contribution < -0.4 is 25.5 Å². The zero-order valence-electron chi connectivity index (χ0n) is 41.7. The fourth-order valence-electron chi connectivity index (χ4n) is 13.0. The molecule has 2 unspecified atom stereocenters. The molecule has 11 rings (SSSR count). The number of nitrogens with zero attached hydrogens (tertiary/aromatic N) is 2. The Kier molecular flexibility index (Phi) is 9.04. The maximum Gasteiger partial charge on any atom is 0.264 e. The van der Waals surface area contributed by atoms with Gasteiger partial charge < -0.3 is 9.80 Å². The second kappa shape index (κ2) is 13.7. The molecule has 0 fully saturated rings. The summed E-state index contributed by atoms with van der Waals surface area (Å²) >= 11 is 2.08. The lowest BCUT2D eigenvalue weighted by atomic mass is 9.36. The molecule has 0 saturated heterocycles. The minimum Gasteiger partial charge on any atom is -0.311 e. The van der Waals surface area contributed by atoms with Gasteiger partial charge in [0.05, 0.1) is 5.69 Å². The monoisotopic (exact) mass is 863 g/mol. The van der Waals surface area contributed by atoms with E-state index in [4.69, 9.17) is 0 Å². The van der Waals surface area contributed by atoms with Crippen molar-refractivity contribution in [3.63, 3.8) is 0 Å². The molecule has 4 heteroatoms. The van der Waals surface area contributed by atoms with Crippen molar-refractivity contribution in [2.45, 2.75) is 181 Å². The standard InChI is InChI=1S/C60H71BN2S/c1-34-26-50-53-51(27-34)63(49-33-46-44(28-37(49)4)58(10,11)24-25-60(46,14)15)48-21-18-38(56(5,6)7)29-47(48)61(53)55-54(42-31-40-35(2)16-17-36(3)41(40)32-52(42)64-55)62(50)39-19-20-43-45(30-39)59(12,13)23-22-57(43,8)9/h18-21,26-33,35-36H,16-17,22-25H2,1-15H3. The summed E-state index contributed by atoms with van der Waals surface area (Å²) in [6, 6.07) is 30.7. The van der Waals surface area contributed by atoms with Crippen molar-refractivity contribution in [1.29, 1.82) is 0 Å². The Balaban J connectivity index is 1.26. The maximum absolute atomic E-state index is 2.75. The van der Waals surface area contributed by atoms with E-state index in [1.807, 2.05) is 0 Å². The smallest absolute Gasteiger partial charge is 0.264 e. The highest BCUT2D eigenvalue weighted by molar-refractivity contribution is 7.33. The molecular weight excluding hydrogens is 792 g/mol. The van der Waals surface area contributed by atoms with Crippen LogP contribution in [0.25, 0.3) is 10.1 Å². The molecule has 0 amide bonds. The fraction of sp³-hybridized carbons (Fsp3) is 0.467. The quantitative estimate of drug-likeness (QED) is 0.160. The molecule has 330 valence electrons. The van der Waals surface area contributed by atoms with Gasteiger partial charge in [-0.05, 0) is 201 Å². The summed E-state index contributed by atoms with van der Waals surface area (Å²) in [4.78, 5) is 5.45. The van der Waals surface area contributed by atoms with Crippen molar-refractivity contribution in [2.24, 2.45) is 0 Å². The molecule has 0 saturated carbocycles. The summed E-state index contributed by atoms with van der Waals surface area (Å²) in [6.45, 7) is 36.7. The van der Waals surface area contributed by atoms with E-state index in [-0.39, 0.29) is 33.8 Å². The van der Waals surface area contributed by atoms with E-state index in [1.54, 1.807) is 11.1 Å². The number of hydrogen-bond donors (Lipinski definition) is 0. The molecule has 6 aromatic rings. The van der Waals surface area contributed by atoms with Gasteiger partial charge in [0, 0.05) is 43.3 Å². The number of aryl methyl sites for hydroxylation is 2. The van der Waals surface area contributed by atoms with Gasteiger partial charge in [-0.2, -0.15) is 0 Å². The lowest BCUT2D eigenvalue weighted by Crippen LogP contribution is -2.60. The Morgan fingerprint density at radius 1 is 0.578 bits per heavy atom. The number of hydrogen-bond acceptors (Lipinski definition) is 3. The van der Waals surface area contributed by atoms with Crippen LogP contribution in [0.15, 0.2) is 72.8 Å². The first-order valence-electron chi connectivity index (χ1n) is 24.8. The highest BCUT2D eigenvalue weighted by Gasteiger charge is 2.48. The van der Waals surface area contributed by atoms with Gasteiger partial charge >= 0.3 is 0 Å². The number of anilines is 6. The average molecular weight is 863 g/mol. The minimum atomic E-state index is 0.00627. The molecule has 0 radical (unpaired) electrons. The first-order chi connectivity index (χ1) is 30.0. The normalized spacial score (nSPS) is 22.0. The van der Waals surface area contributed by atoms with Crippen LogP contribution in [0.5, 0.6) is 0 Å². The van der Waals surface area contributed by atoms with Gasteiger partial charge in [0.25, 0.3) is 6.71 Å². The van der Waals surface area contributed by atoms with E-state index in [9.17, 15) is 0 Å². The minimum absolute atomic E-state index is 0.00627. The van der Waals surface area contributed by atoms with Crippen molar-refractivity contribution in [3.8, 4) is 0 Å².